The summed E-state index contributed by atoms with van der Waals surface area (Å²) >= 11 is 1.73. The summed E-state index contributed by atoms with van der Waals surface area (Å²) in [5.41, 5.74) is 1.22. The second-order valence-electron chi connectivity index (χ2n) is 6.75. The van der Waals surface area contributed by atoms with Gasteiger partial charge in [0.05, 0.1) is 12.6 Å². The van der Waals surface area contributed by atoms with Crippen LogP contribution < -0.4 is 0 Å². The predicted octanol–water partition coefficient (Wildman–Crippen LogP) is 3.88. The van der Waals surface area contributed by atoms with E-state index < -0.39 is 0 Å². The number of likely N-dealkylation sites (N-methyl/N-ethyl adjacent to an activating group) is 1. The quantitative estimate of drug-likeness (QED) is 0.459. The zero-order valence-corrected chi connectivity index (χ0v) is 16.8. The van der Waals surface area contributed by atoms with E-state index in [0.717, 1.165) is 55.8 Å². The first-order valence-corrected chi connectivity index (χ1v) is 10.4. The molecule has 0 aliphatic carbocycles. The molecule has 2 heterocycles. The van der Waals surface area contributed by atoms with Gasteiger partial charge in [-0.1, -0.05) is 60.3 Å². The van der Waals surface area contributed by atoms with Gasteiger partial charge in [0.25, 0.3) is 0 Å². The molecule has 1 aromatic carbocycles. The van der Waals surface area contributed by atoms with Gasteiger partial charge < -0.3 is 9.30 Å². The second-order valence-corrected chi connectivity index (χ2v) is 7.74. The first kappa shape index (κ1) is 19.9. The van der Waals surface area contributed by atoms with Gasteiger partial charge in [0, 0.05) is 25.4 Å². The molecule has 1 atom stereocenters. The number of benzene rings is 1. The lowest BCUT2D eigenvalue weighted by atomic mass is 10.2. The number of ether oxygens (including phenoxy) is 1. The van der Waals surface area contributed by atoms with Crippen molar-refractivity contribution in [2.24, 2.45) is 0 Å². The van der Waals surface area contributed by atoms with Crippen LogP contribution in [0.3, 0.4) is 0 Å². The third-order valence-corrected chi connectivity index (χ3v) is 5.56. The summed E-state index contributed by atoms with van der Waals surface area (Å²) in [6, 6.07) is 10.3. The van der Waals surface area contributed by atoms with E-state index in [1.165, 1.54) is 5.56 Å². The molecule has 1 unspecified atom stereocenters. The molecule has 5 nitrogen and oxygen atoms in total. The summed E-state index contributed by atoms with van der Waals surface area (Å²) in [7, 11) is 2.10. The fraction of sp³-hybridized carbons (Fsp3) is 0.429. The Kier molecular flexibility index (Phi) is 7.68. The van der Waals surface area contributed by atoms with Gasteiger partial charge in [0.15, 0.2) is 5.16 Å². The third kappa shape index (κ3) is 6.06. The van der Waals surface area contributed by atoms with Gasteiger partial charge in [0.2, 0.25) is 0 Å². The van der Waals surface area contributed by atoms with E-state index in [-0.39, 0.29) is 0 Å². The average molecular weight is 385 g/mol. The van der Waals surface area contributed by atoms with Crippen LogP contribution in [0.4, 0.5) is 0 Å². The molecule has 1 aliphatic rings. The first-order valence-electron chi connectivity index (χ1n) is 9.43. The van der Waals surface area contributed by atoms with Crippen molar-refractivity contribution >= 4 is 17.8 Å². The van der Waals surface area contributed by atoms with Crippen LogP contribution in [0.15, 0.2) is 54.2 Å². The van der Waals surface area contributed by atoms with Crippen molar-refractivity contribution in [3.63, 3.8) is 0 Å². The normalized spacial score (nSPS) is 17.2. The molecular weight excluding hydrogens is 356 g/mol. The highest BCUT2D eigenvalue weighted by Gasteiger charge is 2.19. The third-order valence-electron chi connectivity index (χ3n) is 4.47. The largest absolute Gasteiger partial charge is 0.377 e. The van der Waals surface area contributed by atoms with Crippen LogP contribution in [0.1, 0.15) is 24.2 Å². The number of aromatic nitrogens is 3. The molecule has 144 valence electrons. The van der Waals surface area contributed by atoms with Crippen LogP contribution in [-0.4, -0.2) is 51.7 Å². The molecule has 27 heavy (non-hydrogen) atoms. The van der Waals surface area contributed by atoms with Crippen LogP contribution in [0.5, 0.6) is 0 Å². The van der Waals surface area contributed by atoms with Gasteiger partial charge in [0.1, 0.15) is 5.82 Å². The fourth-order valence-corrected chi connectivity index (χ4v) is 4.07. The minimum absolute atomic E-state index is 0.345. The summed E-state index contributed by atoms with van der Waals surface area (Å²) in [4.78, 5) is 2.23. The first-order chi connectivity index (χ1) is 13.3. The van der Waals surface area contributed by atoms with Crippen molar-refractivity contribution < 1.29 is 4.74 Å². The molecule has 0 saturated carbocycles. The van der Waals surface area contributed by atoms with Crippen molar-refractivity contribution in [3.8, 4) is 0 Å². The number of hydrogen-bond donors (Lipinski definition) is 0. The molecule has 6 heteroatoms. The molecule has 1 saturated heterocycles. The lowest BCUT2D eigenvalue weighted by molar-refractivity contribution is 0.129. The van der Waals surface area contributed by atoms with Gasteiger partial charge in [-0.25, -0.2) is 0 Å². The van der Waals surface area contributed by atoms with E-state index in [4.69, 9.17) is 4.74 Å². The van der Waals surface area contributed by atoms with E-state index >= 15 is 0 Å². The van der Waals surface area contributed by atoms with E-state index in [1.54, 1.807) is 11.8 Å². The van der Waals surface area contributed by atoms with Gasteiger partial charge in [-0.3, -0.25) is 4.90 Å². The lowest BCUT2D eigenvalue weighted by Gasteiger charge is -2.15. The van der Waals surface area contributed by atoms with Gasteiger partial charge >= 0.3 is 0 Å². The Morgan fingerprint density at radius 3 is 2.93 bits per heavy atom. The van der Waals surface area contributed by atoms with Crippen LogP contribution >= 0.6 is 11.8 Å². The van der Waals surface area contributed by atoms with E-state index in [2.05, 4.69) is 69.7 Å². The van der Waals surface area contributed by atoms with E-state index in [1.807, 2.05) is 12.1 Å². The SMILES string of the molecule is C=CCn1c(CN(C)CC=Cc2ccccc2)nnc1SCC1CCCO1. The number of rotatable bonds is 10. The van der Waals surface area contributed by atoms with Gasteiger partial charge in [-0.15, -0.1) is 16.8 Å². The van der Waals surface area contributed by atoms with Crippen molar-refractivity contribution in [3.05, 3.63) is 60.5 Å². The number of allylic oxidation sites excluding steroid dienone is 1. The highest BCUT2D eigenvalue weighted by Crippen LogP contribution is 2.23. The Morgan fingerprint density at radius 2 is 2.19 bits per heavy atom. The highest BCUT2D eigenvalue weighted by atomic mass is 32.2. The standard InChI is InChI=1S/C21H28N4OS/c1-3-13-25-20(22-23-21(25)27-17-19-12-8-15-26-19)16-24(2)14-7-11-18-9-5-4-6-10-18/h3-7,9-11,19H,1,8,12-17H2,2H3. The fourth-order valence-electron chi connectivity index (χ4n) is 3.04. The number of hydrogen-bond acceptors (Lipinski definition) is 5. The Morgan fingerprint density at radius 1 is 1.33 bits per heavy atom. The Bertz CT molecular complexity index is 738. The lowest BCUT2D eigenvalue weighted by Crippen LogP contribution is -2.20. The van der Waals surface area contributed by atoms with Crippen LogP contribution in [0.25, 0.3) is 6.08 Å². The van der Waals surface area contributed by atoms with Gasteiger partial charge in [-0.05, 0) is 25.5 Å². The van der Waals surface area contributed by atoms with E-state index in [9.17, 15) is 0 Å². The molecule has 1 aromatic heterocycles. The molecule has 0 bridgehead atoms. The zero-order valence-electron chi connectivity index (χ0n) is 16.0. The summed E-state index contributed by atoms with van der Waals surface area (Å²) in [5.74, 6) is 1.91. The second kappa shape index (κ2) is 10.4. The van der Waals surface area contributed by atoms with Crippen LogP contribution in [0.2, 0.25) is 0 Å². The maximum absolute atomic E-state index is 5.71. The Hall–Kier alpha value is -1.89. The summed E-state index contributed by atoms with van der Waals surface area (Å²) in [6.07, 6.45) is 8.88. The molecule has 0 spiro atoms. The topological polar surface area (TPSA) is 43.2 Å². The van der Waals surface area contributed by atoms with Crippen LogP contribution in [-0.2, 0) is 17.8 Å². The summed E-state index contributed by atoms with van der Waals surface area (Å²) in [5, 5.41) is 9.78. The molecule has 3 rings (SSSR count). The van der Waals surface area contributed by atoms with Crippen molar-refractivity contribution in [1.82, 2.24) is 19.7 Å². The number of thioether (sulfide) groups is 1. The maximum atomic E-state index is 5.71. The molecule has 0 N–H and O–H groups in total. The Labute approximate surface area is 166 Å². The van der Waals surface area contributed by atoms with Crippen molar-refractivity contribution in [2.75, 3.05) is 26.0 Å². The maximum Gasteiger partial charge on any atom is 0.191 e. The zero-order chi connectivity index (χ0) is 18.9. The van der Waals surface area contributed by atoms with Crippen molar-refractivity contribution in [1.29, 1.82) is 0 Å². The van der Waals surface area contributed by atoms with Crippen LogP contribution in [0, 0.1) is 0 Å². The highest BCUT2D eigenvalue weighted by molar-refractivity contribution is 7.99. The molecule has 2 aromatic rings. The molecule has 0 radical (unpaired) electrons. The minimum Gasteiger partial charge on any atom is -0.377 e. The Balaban J connectivity index is 1.56. The smallest absolute Gasteiger partial charge is 0.191 e. The molecule has 1 fully saturated rings. The molecule has 1 aliphatic heterocycles. The van der Waals surface area contributed by atoms with E-state index in [0.29, 0.717) is 6.10 Å². The minimum atomic E-state index is 0.345. The molecule has 0 amide bonds. The monoisotopic (exact) mass is 384 g/mol. The molecular formula is C21H28N4OS. The average Bonchev–Trinajstić information content (AvgIpc) is 3.32. The summed E-state index contributed by atoms with van der Waals surface area (Å²) in [6.45, 7) is 7.10. The van der Waals surface area contributed by atoms with Crippen molar-refractivity contribution in [2.45, 2.75) is 37.2 Å². The predicted molar refractivity (Wildman–Crippen MR) is 112 cm³/mol. The van der Waals surface area contributed by atoms with Gasteiger partial charge in [-0.2, -0.15) is 0 Å². The summed E-state index contributed by atoms with van der Waals surface area (Å²) < 4.78 is 7.87. The number of nitrogens with zero attached hydrogens (tertiary/aromatic N) is 4.